The third-order valence-electron chi connectivity index (χ3n) is 3.99. The van der Waals surface area contributed by atoms with Gasteiger partial charge < -0.3 is 20.3 Å². The molecular weight excluding hydrogens is 410 g/mol. The first-order chi connectivity index (χ1) is 11.6. The van der Waals surface area contributed by atoms with Crippen LogP contribution in [-0.2, 0) is 9.53 Å². The Kier molecular flexibility index (Phi) is 10.0. The number of ether oxygens (including phenoxy) is 1. The molecule has 8 heteroatoms. The maximum absolute atomic E-state index is 12.6. The minimum Gasteiger partial charge on any atom is -0.383 e. The highest BCUT2D eigenvalue weighted by Gasteiger charge is 2.34. The fourth-order valence-corrected chi connectivity index (χ4v) is 3.00. The number of nitrogens with zero attached hydrogens (tertiary/aromatic N) is 1. The quantitative estimate of drug-likeness (QED) is 0.613. The first kappa shape index (κ1) is 21.9. The smallest absolute Gasteiger partial charge is 0.254 e. The van der Waals surface area contributed by atoms with Gasteiger partial charge in [-0.15, -0.1) is 12.4 Å². The van der Waals surface area contributed by atoms with Crippen molar-refractivity contribution in [1.29, 1.82) is 0 Å². The number of likely N-dealkylation sites (tertiary alicyclic amines) is 1. The second-order valence-corrected chi connectivity index (χ2v) is 6.61. The maximum atomic E-state index is 12.6. The lowest BCUT2D eigenvalue weighted by atomic mass is 10.1. The van der Waals surface area contributed by atoms with E-state index in [2.05, 4.69) is 26.6 Å². The highest BCUT2D eigenvalue weighted by molar-refractivity contribution is 9.10. The Labute approximate surface area is 163 Å². The molecule has 1 aromatic carbocycles. The van der Waals surface area contributed by atoms with E-state index < -0.39 is 0 Å². The van der Waals surface area contributed by atoms with Gasteiger partial charge in [0.05, 0.1) is 6.61 Å². The Morgan fingerprint density at radius 2 is 1.96 bits per heavy atom. The molecule has 0 saturated carbocycles. The molecule has 1 atom stereocenters. The van der Waals surface area contributed by atoms with Gasteiger partial charge in [0.1, 0.15) is 6.04 Å². The van der Waals surface area contributed by atoms with E-state index in [1.807, 2.05) is 12.1 Å². The van der Waals surface area contributed by atoms with Crippen LogP contribution in [0.25, 0.3) is 0 Å². The van der Waals surface area contributed by atoms with Gasteiger partial charge in [-0.25, -0.2) is 0 Å². The minimum absolute atomic E-state index is 0. The molecule has 0 aliphatic carbocycles. The van der Waals surface area contributed by atoms with E-state index in [0.29, 0.717) is 38.2 Å². The fraction of sp³-hybridized carbons (Fsp3) is 0.529. The largest absolute Gasteiger partial charge is 0.383 e. The molecule has 1 unspecified atom stereocenters. The SMILES string of the molecule is COCCNCCNC(=O)C1CCCN1C(=O)c1ccc(Br)cc1.Cl. The molecule has 1 aliphatic heterocycles. The predicted octanol–water partition coefficient (Wildman–Crippen LogP) is 1.83. The molecule has 0 bridgehead atoms. The van der Waals surface area contributed by atoms with E-state index in [1.165, 1.54) is 0 Å². The molecule has 1 saturated heterocycles. The zero-order valence-corrected chi connectivity index (χ0v) is 16.7. The average Bonchev–Trinajstić information content (AvgIpc) is 3.07. The van der Waals surface area contributed by atoms with Crippen molar-refractivity contribution >= 4 is 40.2 Å². The zero-order chi connectivity index (χ0) is 17.4. The summed E-state index contributed by atoms with van der Waals surface area (Å²) in [7, 11) is 1.65. The number of methoxy groups -OCH3 is 1. The van der Waals surface area contributed by atoms with Gasteiger partial charge in [-0.05, 0) is 37.1 Å². The van der Waals surface area contributed by atoms with Crippen LogP contribution in [0.3, 0.4) is 0 Å². The number of hydrogen-bond acceptors (Lipinski definition) is 4. The highest BCUT2D eigenvalue weighted by Crippen LogP contribution is 2.21. The van der Waals surface area contributed by atoms with Gasteiger partial charge in [-0.2, -0.15) is 0 Å². The summed E-state index contributed by atoms with van der Waals surface area (Å²) >= 11 is 3.36. The van der Waals surface area contributed by atoms with Crippen LogP contribution >= 0.6 is 28.3 Å². The van der Waals surface area contributed by atoms with Crippen LogP contribution in [0.2, 0.25) is 0 Å². The number of carbonyl (C=O) groups excluding carboxylic acids is 2. The lowest BCUT2D eigenvalue weighted by Gasteiger charge is -2.24. The van der Waals surface area contributed by atoms with Crippen LogP contribution in [0.5, 0.6) is 0 Å². The predicted molar refractivity (Wildman–Crippen MR) is 103 cm³/mol. The fourth-order valence-electron chi connectivity index (χ4n) is 2.73. The van der Waals surface area contributed by atoms with Crippen LogP contribution in [0, 0.1) is 0 Å². The second kappa shape index (κ2) is 11.5. The first-order valence-corrected chi connectivity index (χ1v) is 8.96. The van der Waals surface area contributed by atoms with Crippen molar-refractivity contribution in [1.82, 2.24) is 15.5 Å². The lowest BCUT2D eigenvalue weighted by Crippen LogP contribution is -2.47. The Morgan fingerprint density at radius 1 is 1.24 bits per heavy atom. The molecule has 1 aromatic rings. The van der Waals surface area contributed by atoms with E-state index in [0.717, 1.165) is 17.4 Å². The molecule has 0 spiro atoms. The van der Waals surface area contributed by atoms with Crippen LogP contribution < -0.4 is 10.6 Å². The lowest BCUT2D eigenvalue weighted by molar-refractivity contribution is -0.124. The average molecular weight is 435 g/mol. The van der Waals surface area contributed by atoms with E-state index in [1.54, 1.807) is 24.1 Å². The Balaban J connectivity index is 0.00000312. The van der Waals surface area contributed by atoms with Crippen LogP contribution in [0.1, 0.15) is 23.2 Å². The topological polar surface area (TPSA) is 70.7 Å². The molecule has 1 heterocycles. The summed E-state index contributed by atoms with van der Waals surface area (Å²) in [6.07, 6.45) is 1.57. The number of amides is 2. The van der Waals surface area contributed by atoms with Gasteiger partial charge >= 0.3 is 0 Å². The van der Waals surface area contributed by atoms with Gasteiger partial charge in [0, 0.05) is 43.3 Å². The summed E-state index contributed by atoms with van der Waals surface area (Å²) in [5.41, 5.74) is 0.610. The molecule has 1 fully saturated rings. The Hall–Kier alpha value is -1.15. The summed E-state index contributed by atoms with van der Waals surface area (Å²) in [6, 6.07) is 6.85. The molecule has 2 N–H and O–H groups in total. The number of rotatable bonds is 8. The van der Waals surface area contributed by atoms with Crippen molar-refractivity contribution in [2.24, 2.45) is 0 Å². The summed E-state index contributed by atoms with van der Waals surface area (Å²) < 4.78 is 5.87. The Morgan fingerprint density at radius 3 is 2.64 bits per heavy atom. The van der Waals surface area contributed by atoms with Crippen molar-refractivity contribution in [2.75, 3.05) is 39.9 Å². The Bertz CT molecular complexity index is 557. The number of benzene rings is 1. The number of hydrogen-bond donors (Lipinski definition) is 2. The summed E-state index contributed by atoms with van der Waals surface area (Å²) in [5, 5.41) is 6.08. The molecule has 25 heavy (non-hydrogen) atoms. The first-order valence-electron chi connectivity index (χ1n) is 8.17. The molecule has 140 valence electrons. The van der Waals surface area contributed by atoms with Crippen molar-refractivity contribution in [2.45, 2.75) is 18.9 Å². The van der Waals surface area contributed by atoms with Crippen LogP contribution in [0.4, 0.5) is 0 Å². The molecule has 1 aliphatic rings. The standard InChI is InChI=1S/C17H24BrN3O3.ClH/c1-24-12-10-19-8-9-20-16(22)15-3-2-11-21(15)17(23)13-4-6-14(18)7-5-13;/h4-7,15,19H,2-3,8-12H2,1H3,(H,20,22);1H. The van der Waals surface area contributed by atoms with Gasteiger partial charge in [0.2, 0.25) is 5.91 Å². The maximum Gasteiger partial charge on any atom is 0.254 e. The van der Waals surface area contributed by atoms with Crippen LogP contribution in [-0.4, -0.2) is 62.7 Å². The highest BCUT2D eigenvalue weighted by atomic mass is 79.9. The van der Waals surface area contributed by atoms with E-state index in [4.69, 9.17) is 4.74 Å². The van der Waals surface area contributed by atoms with Gasteiger partial charge in [-0.3, -0.25) is 9.59 Å². The molecule has 2 rings (SSSR count). The molecular formula is C17H25BrClN3O3. The molecule has 2 amide bonds. The van der Waals surface area contributed by atoms with E-state index in [-0.39, 0.29) is 30.3 Å². The third-order valence-corrected chi connectivity index (χ3v) is 4.52. The molecule has 0 radical (unpaired) electrons. The van der Waals surface area contributed by atoms with Gasteiger partial charge in [0.15, 0.2) is 0 Å². The minimum atomic E-state index is -0.375. The van der Waals surface area contributed by atoms with E-state index >= 15 is 0 Å². The molecule has 0 aromatic heterocycles. The monoisotopic (exact) mass is 433 g/mol. The zero-order valence-electron chi connectivity index (χ0n) is 14.3. The number of carbonyl (C=O) groups is 2. The van der Waals surface area contributed by atoms with Crippen molar-refractivity contribution in [3.63, 3.8) is 0 Å². The number of halogens is 2. The third kappa shape index (κ3) is 6.58. The van der Waals surface area contributed by atoms with Crippen molar-refractivity contribution in [3.05, 3.63) is 34.3 Å². The summed E-state index contributed by atoms with van der Waals surface area (Å²) in [4.78, 5) is 26.7. The second-order valence-electron chi connectivity index (χ2n) is 5.70. The van der Waals surface area contributed by atoms with Crippen molar-refractivity contribution < 1.29 is 14.3 Å². The summed E-state index contributed by atoms with van der Waals surface area (Å²) in [5.74, 6) is -0.162. The van der Waals surface area contributed by atoms with E-state index in [9.17, 15) is 9.59 Å². The van der Waals surface area contributed by atoms with Crippen LogP contribution in [0.15, 0.2) is 28.7 Å². The van der Waals surface area contributed by atoms with Crippen molar-refractivity contribution in [3.8, 4) is 0 Å². The normalized spacial score (nSPS) is 16.4. The molecule has 6 nitrogen and oxygen atoms in total. The van der Waals surface area contributed by atoms with Gasteiger partial charge in [-0.1, -0.05) is 15.9 Å². The number of nitrogens with one attached hydrogen (secondary N) is 2. The summed E-state index contributed by atoms with van der Waals surface area (Å²) in [6.45, 7) is 3.25. The van der Waals surface area contributed by atoms with Gasteiger partial charge in [0.25, 0.3) is 5.91 Å².